The van der Waals surface area contributed by atoms with E-state index < -0.39 is 0 Å². The topological polar surface area (TPSA) is 60.3 Å². The van der Waals surface area contributed by atoms with E-state index in [-0.39, 0.29) is 17.5 Å². The summed E-state index contributed by atoms with van der Waals surface area (Å²) in [7, 11) is 0. The van der Waals surface area contributed by atoms with Gasteiger partial charge in [0.1, 0.15) is 0 Å². The van der Waals surface area contributed by atoms with Crippen LogP contribution in [0.25, 0.3) is 0 Å². The Hall–Kier alpha value is -2.11. The fourth-order valence-corrected chi connectivity index (χ4v) is 2.96. The summed E-state index contributed by atoms with van der Waals surface area (Å²) in [5.41, 5.74) is 1.52. The van der Waals surface area contributed by atoms with Crippen LogP contribution in [0, 0.1) is 0 Å². The zero-order chi connectivity index (χ0) is 17.8. The molecule has 1 amide bonds. The number of benzene rings is 1. The first-order chi connectivity index (χ1) is 12.1. The highest BCUT2D eigenvalue weighted by Crippen LogP contribution is 2.41. The van der Waals surface area contributed by atoms with Crippen molar-refractivity contribution in [2.75, 3.05) is 13.2 Å². The van der Waals surface area contributed by atoms with Gasteiger partial charge in [-0.1, -0.05) is 23.7 Å². The van der Waals surface area contributed by atoms with Crippen LogP contribution in [-0.2, 0) is 11.3 Å². The summed E-state index contributed by atoms with van der Waals surface area (Å²) in [4.78, 5) is 24.3. The summed E-state index contributed by atoms with van der Waals surface area (Å²) in [5, 5.41) is 3.74. The van der Waals surface area contributed by atoms with Crippen molar-refractivity contribution in [3.8, 4) is 0 Å². The number of hydrogen-bond donors (Lipinski definition) is 1. The molecule has 1 aliphatic rings. The van der Waals surface area contributed by atoms with Crippen LogP contribution in [-0.4, -0.2) is 29.7 Å². The van der Waals surface area contributed by atoms with Gasteiger partial charge >= 0.3 is 0 Å². The molecule has 1 saturated carbocycles. The van der Waals surface area contributed by atoms with Crippen LogP contribution in [0.3, 0.4) is 0 Å². The highest BCUT2D eigenvalue weighted by atomic mass is 35.5. The summed E-state index contributed by atoms with van der Waals surface area (Å²) in [5.74, 6) is 0.164. The standard InChI is InChI=1S/C19H21ClN2O3/c1-2-25-10-9-22-12-14(5-8-18(22)23)19(24)21-17-11-16(17)13-3-6-15(20)7-4-13/h3-8,12,16-17H,2,9-11H2,1H3,(H,21,24)/t16-,17+/m0/s1. The van der Waals surface area contributed by atoms with E-state index >= 15 is 0 Å². The third kappa shape index (κ3) is 4.50. The number of carbonyl (C=O) groups is 1. The SMILES string of the molecule is CCOCCn1cc(C(=O)N[C@@H]2C[C@H]2c2ccc(Cl)cc2)ccc1=O. The molecule has 5 nitrogen and oxygen atoms in total. The number of aromatic nitrogens is 1. The second-order valence-electron chi connectivity index (χ2n) is 6.12. The molecule has 0 radical (unpaired) electrons. The Morgan fingerprint density at radius 1 is 1.28 bits per heavy atom. The summed E-state index contributed by atoms with van der Waals surface area (Å²) < 4.78 is 6.78. The van der Waals surface area contributed by atoms with E-state index in [1.807, 2.05) is 31.2 Å². The van der Waals surface area contributed by atoms with Crippen LogP contribution < -0.4 is 10.9 Å². The molecule has 0 saturated heterocycles. The Balaban J connectivity index is 1.61. The third-order valence-corrected chi connectivity index (χ3v) is 4.58. The van der Waals surface area contributed by atoms with Crippen LogP contribution in [0.2, 0.25) is 5.02 Å². The average molecular weight is 361 g/mol. The molecule has 25 heavy (non-hydrogen) atoms. The van der Waals surface area contributed by atoms with Crippen molar-refractivity contribution in [3.05, 3.63) is 69.1 Å². The van der Waals surface area contributed by atoms with Crippen molar-refractivity contribution < 1.29 is 9.53 Å². The molecular formula is C19H21ClN2O3. The van der Waals surface area contributed by atoms with Gasteiger partial charge in [-0.05, 0) is 37.1 Å². The molecule has 1 fully saturated rings. The first-order valence-corrected chi connectivity index (χ1v) is 8.81. The van der Waals surface area contributed by atoms with Gasteiger partial charge in [0.25, 0.3) is 11.5 Å². The molecule has 1 N–H and O–H groups in total. The lowest BCUT2D eigenvalue weighted by Gasteiger charge is -2.09. The normalized spacial score (nSPS) is 18.8. The molecule has 1 aliphatic carbocycles. The molecular weight excluding hydrogens is 340 g/mol. The van der Waals surface area contributed by atoms with Crippen molar-refractivity contribution in [2.24, 2.45) is 0 Å². The van der Waals surface area contributed by atoms with Gasteiger partial charge < -0.3 is 14.6 Å². The number of nitrogens with zero attached hydrogens (tertiary/aromatic N) is 1. The van der Waals surface area contributed by atoms with E-state index in [9.17, 15) is 9.59 Å². The monoisotopic (exact) mass is 360 g/mol. The minimum atomic E-state index is -0.161. The lowest BCUT2D eigenvalue weighted by molar-refractivity contribution is 0.0948. The summed E-state index contributed by atoms with van der Waals surface area (Å²) >= 11 is 5.90. The molecule has 0 spiro atoms. The molecule has 2 atom stereocenters. The fraction of sp³-hybridized carbons (Fsp3) is 0.368. The van der Waals surface area contributed by atoms with Crippen LogP contribution in [0.5, 0.6) is 0 Å². The molecule has 6 heteroatoms. The van der Waals surface area contributed by atoms with Crippen molar-refractivity contribution in [1.82, 2.24) is 9.88 Å². The highest BCUT2D eigenvalue weighted by molar-refractivity contribution is 6.30. The Labute approximate surface area is 151 Å². The maximum Gasteiger partial charge on any atom is 0.253 e. The van der Waals surface area contributed by atoms with Gasteiger partial charge in [0, 0.05) is 42.4 Å². The fourth-order valence-electron chi connectivity index (χ4n) is 2.83. The van der Waals surface area contributed by atoms with Gasteiger partial charge in [-0.15, -0.1) is 0 Å². The van der Waals surface area contributed by atoms with Crippen LogP contribution >= 0.6 is 11.6 Å². The zero-order valence-corrected chi connectivity index (χ0v) is 14.8. The summed E-state index contributed by atoms with van der Waals surface area (Å²) in [6.07, 6.45) is 2.51. The number of hydrogen-bond acceptors (Lipinski definition) is 3. The highest BCUT2D eigenvalue weighted by Gasteiger charge is 2.39. The van der Waals surface area contributed by atoms with E-state index in [0.717, 1.165) is 6.42 Å². The molecule has 1 aromatic heterocycles. The average Bonchev–Trinajstić information content (AvgIpc) is 3.36. The van der Waals surface area contributed by atoms with E-state index in [1.165, 1.54) is 16.2 Å². The molecule has 3 rings (SSSR count). The Kier molecular flexibility index (Phi) is 5.56. The number of amides is 1. The van der Waals surface area contributed by atoms with E-state index in [2.05, 4.69) is 5.32 Å². The number of halogens is 1. The largest absolute Gasteiger partial charge is 0.380 e. The quantitative estimate of drug-likeness (QED) is 0.772. The Morgan fingerprint density at radius 3 is 2.76 bits per heavy atom. The minimum absolute atomic E-state index is 0.123. The minimum Gasteiger partial charge on any atom is -0.380 e. The Bertz CT molecular complexity index is 801. The van der Waals surface area contributed by atoms with Gasteiger partial charge in [-0.25, -0.2) is 0 Å². The smallest absolute Gasteiger partial charge is 0.253 e. The summed E-state index contributed by atoms with van der Waals surface area (Å²) in [6, 6.07) is 10.8. The third-order valence-electron chi connectivity index (χ3n) is 4.33. The van der Waals surface area contributed by atoms with Gasteiger partial charge in [0.15, 0.2) is 0 Å². The van der Waals surface area contributed by atoms with Crippen LogP contribution in [0.15, 0.2) is 47.4 Å². The van der Waals surface area contributed by atoms with Crippen molar-refractivity contribution >= 4 is 17.5 Å². The predicted octanol–water partition coefficient (Wildman–Crippen LogP) is 2.82. The Morgan fingerprint density at radius 2 is 2.04 bits per heavy atom. The van der Waals surface area contributed by atoms with Crippen LogP contribution in [0.1, 0.15) is 35.2 Å². The zero-order valence-electron chi connectivity index (χ0n) is 14.1. The number of pyridine rings is 1. The molecule has 2 aromatic rings. The molecule has 132 valence electrons. The van der Waals surface area contributed by atoms with Gasteiger partial charge in [0.05, 0.1) is 12.2 Å². The summed E-state index contributed by atoms with van der Waals surface area (Å²) in [6.45, 7) is 3.38. The number of carbonyl (C=O) groups excluding carboxylic acids is 1. The first-order valence-electron chi connectivity index (χ1n) is 8.43. The number of nitrogens with one attached hydrogen (secondary N) is 1. The van der Waals surface area contributed by atoms with Gasteiger partial charge in [-0.2, -0.15) is 0 Å². The van der Waals surface area contributed by atoms with E-state index in [4.69, 9.17) is 16.3 Å². The van der Waals surface area contributed by atoms with Gasteiger partial charge in [0.2, 0.25) is 0 Å². The maximum atomic E-state index is 12.4. The van der Waals surface area contributed by atoms with Crippen molar-refractivity contribution in [2.45, 2.75) is 31.8 Å². The van der Waals surface area contributed by atoms with Crippen molar-refractivity contribution in [1.29, 1.82) is 0 Å². The molecule has 0 bridgehead atoms. The molecule has 1 aromatic carbocycles. The number of ether oxygens (including phenoxy) is 1. The first kappa shape index (κ1) is 17.7. The predicted molar refractivity (Wildman–Crippen MR) is 97.3 cm³/mol. The van der Waals surface area contributed by atoms with Crippen LogP contribution in [0.4, 0.5) is 0 Å². The van der Waals surface area contributed by atoms with E-state index in [0.29, 0.717) is 36.3 Å². The molecule has 0 aliphatic heterocycles. The lowest BCUT2D eigenvalue weighted by Crippen LogP contribution is -2.29. The van der Waals surface area contributed by atoms with Gasteiger partial charge in [-0.3, -0.25) is 9.59 Å². The molecule has 1 heterocycles. The number of rotatable bonds is 7. The van der Waals surface area contributed by atoms with Crippen molar-refractivity contribution in [3.63, 3.8) is 0 Å². The molecule has 0 unspecified atom stereocenters. The second-order valence-corrected chi connectivity index (χ2v) is 6.56. The maximum absolute atomic E-state index is 12.4. The second kappa shape index (κ2) is 7.85. The van der Waals surface area contributed by atoms with E-state index in [1.54, 1.807) is 12.3 Å². The lowest BCUT2D eigenvalue weighted by atomic mass is 10.1.